The van der Waals surface area contributed by atoms with Crippen LogP contribution in [0.1, 0.15) is 12.8 Å². The zero-order valence-electron chi connectivity index (χ0n) is 15.8. The van der Waals surface area contributed by atoms with Crippen LogP contribution in [0.2, 0.25) is 0 Å². The molecule has 2 heterocycles. The van der Waals surface area contributed by atoms with Crippen LogP contribution in [0.25, 0.3) is 0 Å². The van der Waals surface area contributed by atoms with Crippen LogP contribution in [0, 0.1) is 5.41 Å². The molecule has 26 heavy (non-hydrogen) atoms. The minimum Gasteiger partial charge on any atom is -0.492 e. The lowest BCUT2D eigenvalue weighted by molar-refractivity contribution is -0.149. The predicted octanol–water partition coefficient (Wildman–Crippen LogP) is 1.23. The molecule has 1 amide bonds. The van der Waals surface area contributed by atoms with Gasteiger partial charge in [0.2, 0.25) is 5.91 Å². The predicted molar refractivity (Wildman–Crippen MR) is 101 cm³/mol. The van der Waals surface area contributed by atoms with Gasteiger partial charge in [0, 0.05) is 39.8 Å². The lowest BCUT2D eigenvalue weighted by Crippen LogP contribution is -2.56. The molecule has 6 nitrogen and oxygen atoms in total. The number of carbonyl (C=O) groups excluding carboxylic acids is 1. The van der Waals surface area contributed by atoms with E-state index in [1.807, 2.05) is 35.2 Å². The molecular formula is C20H31N3O3. The van der Waals surface area contributed by atoms with Gasteiger partial charge in [-0.1, -0.05) is 18.2 Å². The van der Waals surface area contributed by atoms with Crippen LogP contribution in [-0.2, 0) is 9.53 Å². The van der Waals surface area contributed by atoms with Gasteiger partial charge in [0.25, 0.3) is 0 Å². The summed E-state index contributed by atoms with van der Waals surface area (Å²) >= 11 is 0. The number of carbonyl (C=O) groups is 1. The second-order valence-electron chi connectivity index (χ2n) is 7.26. The summed E-state index contributed by atoms with van der Waals surface area (Å²) in [7, 11) is 1.70. The Balaban J connectivity index is 1.44. The van der Waals surface area contributed by atoms with Crippen molar-refractivity contribution in [1.29, 1.82) is 0 Å². The Morgan fingerprint density at radius 2 is 1.81 bits per heavy atom. The molecule has 144 valence electrons. The number of para-hydroxylation sites is 1. The molecule has 0 saturated carbocycles. The van der Waals surface area contributed by atoms with Gasteiger partial charge in [-0.3, -0.25) is 9.69 Å². The number of hydrogen-bond donors (Lipinski definition) is 1. The molecule has 0 aromatic heterocycles. The number of ether oxygens (including phenoxy) is 2. The number of benzene rings is 1. The van der Waals surface area contributed by atoms with E-state index in [4.69, 9.17) is 9.47 Å². The highest BCUT2D eigenvalue weighted by molar-refractivity contribution is 5.83. The fourth-order valence-corrected chi connectivity index (χ4v) is 3.92. The van der Waals surface area contributed by atoms with Gasteiger partial charge < -0.3 is 19.7 Å². The Morgan fingerprint density at radius 3 is 2.46 bits per heavy atom. The number of nitrogens with one attached hydrogen (secondary N) is 1. The molecule has 0 aliphatic carbocycles. The molecule has 1 N–H and O–H groups in total. The molecule has 0 radical (unpaired) electrons. The summed E-state index contributed by atoms with van der Waals surface area (Å²) in [4.78, 5) is 17.6. The monoisotopic (exact) mass is 361 g/mol. The van der Waals surface area contributed by atoms with E-state index in [1.54, 1.807) is 7.11 Å². The van der Waals surface area contributed by atoms with Gasteiger partial charge in [-0.15, -0.1) is 0 Å². The van der Waals surface area contributed by atoms with Gasteiger partial charge in [-0.25, -0.2) is 0 Å². The molecule has 2 aliphatic heterocycles. The van der Waals surface area contributed by atoms with Crippen molar-refractivity contribution in [3.63, 3.8) is 0 Å². The van der Waals surface area contributed by atoms with E-state index in [0.29, 0.717) is 13.2 Å². The third-order valence-corrected chi connectivity index (χ3v) is 5.51. The van der Waals surface area contributed by atoms with Crippen LogP contribution in [0.4, 0.5) is 0 Å². The SMILES string of the molecule is COCC1(C(=O)N2CCN(CCOc3ccccc3)CC2)CCNCC1. The molecule has 1 aromatic rings. The van der Waals surface area contributed by atoms with Crippen LogP contribution in [0.3, 0.4) is 0 Å². The Hall–Kier alpha value is -1.63. The van der Waals surface area contributed by atoms with Crippen LogP contribution < -0.4 is 10.1 Å². The molecule has 0 bridgehead atoms. The Labute approximate surface area is 156 Å². The number of piperidine rings is 1. The number of rotatable bonds is 7. The largest absolute Gasteiger partial charge is 0.492 e. The van der Waals surface area contributed by atoms with E-state index in [1.165, 1.54) is 0 Å². The fourth-order valence-electron chi connectivity index (χ4n) is 3.92. The maximum absolute atomic E-state index is 13.1. The minimum absolute atomic E-state index is 0.279. The Bertz CT molecular complexity index is 547. The quantitative estimate of drug-likeness (QED) is 0.792. The second-order valence-corrected chi connectivity index (χ2v) is 7.26. The van der Waals surface area contributed by atoms with Crippen LogP contribution in [0.5, 0.6) is 5.75 Å². The highest BCUT2D eigenvalue weighted by Crippen LogP contribution is 2.32. The van der Waals surface area contributed by atoms with Crippen molar-refractivity contribution in [2.45, 2.75) is 12.8 Å². The zero-order chi connectivity index (χ0) is 18.2. The van der Waals surface area contributed by atoms with Crippen molar-refractivity contribution >= 4 is 5.91 Å². The van der Waals surface area contributed by atoms with Crippen molar-refractivity contribution < 1.29 is 14.3 Å². The molecule has 0 unspecified atom stereocenters. The van der Waals surface area contributed by atoms with Gasteiger partial charge in [-0.05, 0) is 38.1 Å². The average molecular weight is 361 g/mol. The first kappa shape index (κ1) is 19.1. The molecular weight excluding hydrogens is 330 g/mol. The lowest BCUT2D eigenvalue weighted by Gasteiger charge is -2.42. The summed E-state index contributed by atoms with van der Waals surface area (Å²) in [5.41, 5.74) is -0.335. The van der Waals surface area contributed by atoms with Gasteiger partial charge in [0.15, 0.2) is 0 Å². The third-order valence-electron chi connectivity index (χ3n) is 5.51. The first-order valence-corrected chi connectivity index (χ1v) is 9.63. The molecule has 2 aliphatic rings. The molecule has 0 atom stereocenters. The van der Waals surface area contributed by atoms with E-state index in [-0.39, 0.29) is 11.3 Å². The van der Waals surface area contributed by atoms with E-state index in [9.17, 15) is 4.79 Å². The lowest BCUT2D eigenvalue weighted by atomic mass is 9.78. The molecule has 3 rings (SSSR count). The van der Waals surface area contributed by atoms with Crippen molar-refractivity contribution in [3.05, 3.63) is 30.3 Å². The Kier molecular flexibility index (Phi) is 6.88. The average Bonchev–Trinajstić information content (AvgIpc) is 2.70. The van der Waals surface area contributed by atoms with E-state index in [2.05, 4.69) is 10.2 Å². The maximum Gasteiger partial charge on any atom is 0.231 e. The standard InChI is InChI=1S/C20H31N3O3/c1-25-17-20(7-9-21-10-8-20)19(24)23-13-11-22(12-14-23)15-16-26-18-5-3-2-4-6-18/h2-6,21H,7-17H2,1H3. The summed E-state index contributed by atoms with van der Waals surface area (Å²) in [6.07, 6.45) is 1.73. The topological polar surface area (TPSA) is 54.0 Å². The maximum atomic E-state index is 13.1. The second kappa shape index (κ2) is 9.35. The molecule has 0 spiro atoms. The van der Waals surface area contributed by atoms with Gasteiger partial charge in [-0.2, -0.15) is 0 Å². The molecule has 1 aromatic carbocycles. The third kappa shape index (κ3) is 4.75. The molecule has 6 heteroatoms. The van der Waals surface area contributed by atoms with Gasteiger partial charge >= 0.3 is 0 Å². The summed E-state index contributed by atoms with van der Waals surface area (Å²) in [6, 6.07) is 9.91. The summed E-state index contributed by atoms with van der Waals surface area (Å²) in [5, 5.41) is 3.35. The van der Waals surface area contributed by atoms with Crippen molar-refractivity contribution in [1.82, 2.24) is 15.1 Å². The fraction of sp³-hybridized carbons (Fsp3) is 0.650. The van der Waals surface area contributed by atoms with Crippen LogP contribution in [-0.4, -0.2) is 81.8 Å². The van der Waals surface area contributed by atoms with Crippen molar-refractivity contribution in [2.24, 2.45) is 5.41 Å². The van der Waals surface area contributed by atoms with Gasteiger partial charge in [0.05, 0.1) is 12.0 Å². The smallest absolute Gasteiger partial charge is 0.231 e. The number of hydrogen-bond acceptors (Lipinski definition) is 5. The summed E-state index contributed by atoms with van der Waals surface area (Å²) < 4.78 is 11.2. The Morgan fingerprint density at radius 1 is 1.12 bits per heavy atom. The van der Waals surface area contributed by atoms with E-state index in [0.717, 1.165) is 64.4 Å². The van der Waals surface area contributed by atoms with Gasteiger partial charge in [0.1, 0.15) is 12.4 Å². The zero-order valence-corrected chi connectivity index (χ0v) is 15.8. The van der Waals surface area contributed by atoms with Crippen molar-refractivity contribution in [3.8, 4) is 5.75 Å². The number of amides is 1. The summed E-state index contributed by atoms with van der Waals surface area (Å²) in [6.45, 7) is 7.29. The summed E-state index contributed by atoms with van der Waals surface area (Å²) in [5.74, 6) is 1.19. The minimum atomic E-state index is -0.335. The first-order chi connectivity index (χ1) is 12.7. The number of piperazine rings is 1. The highest BCUT2D eigenvalue weighted by atomic mass is 16.5. The van der Waals surface area contributed by atoms with E-state index >= 15 is 0 Å². The van der Waals surface area contributed by atoms with Crippen molar-refractivity contribution in [2.75, 3.05) is 66.1 Å². The number of methoxy groups -OCH3 is 1. The normalized spacial score (nSPS) is 20.7. The first-order valence-electron chi connectivity index (χ1n) is 9.63. The molecule has 2 fully saturated rings. The number of nitrogens with zero attached hydrogens (tertiary/aromatic N) is 2. The van der Waals surface area contributed by atoms with E-state index < -0.39 is 0 Å². The van der Waals surface area contributed by atoms with Crippen LogP contribution in [0.15, 0.2) is 30.3 Å². The highest BCUT2D eigenvalue weighted by Gasteiger charge is 2.42. The molecule has 2 saturated heterocycles. The van der Waals surface area contributed by atoms with Crippen LogP contribution >= 0.6 is 0 Å².